The van der Waals surface area contributed by atoms with Crippen molar-refractivity contribution in [1.82, 2.24) is 4.98 Å². The van der Waals surface area contributed by atoms with E-state index in [4.69, 9.17) is 10.1 Å². The number of nitrogens with one attached hydrogen (secondary N) is 1. The van der Waals surface area contributed by atoms with Crippen LogP contribution < -0.4 is 10.5 Å². The number of rotatable bonds is 4. The summed E-state index contributed by atoms with van der Waals surface area (Å²) in [5.41, 5.74) is 3.70. The number of aliphatic hydroxyl groups is 2. The number of thiophene rings is 1. The van der Waals surface area contributed by atoms with E-state index in [9.17, 15) is 19.2 Å². The first-order valence-corrected chi connectivity index (χ1v) is 12.7. The number of aryl methyl sites for hydroxylation is 1. The Morgan fingerprint density at radius 1 is 1.39 bits per heavy atom. The van der Waals surface area contributed by atoms with Gasteiger partial charge in [0.25, 0.3) is 0 Å². The number of hydrogen-bond donors (Lipinski definition) is 4. The first-order valence-electron chi connectivity index (χ1n) is 10.3. The topological polar surface area (TPSA) is 138 Å². The zero-order valence-electron chi connectivity index (χ0n) is 17.9. The van der Waals surface area contributed by atoms with Crippen molar-refractivity contribution in [3.05, 3.63) is 39.5 Å². The lowest BCUT2D eigenvalue weighted by atomic mass is 9.90. The number of hydrogen-bond acceptors (Lipinski definition) is 6. The summed E-state index contributed by atoms with van der Waals surface area (Å²) >= 11 is 1.03. The molecule has 2 aliphatic rings. The Morgan fingerprint density at radius 3 is 2.84 bits per heavy atom. The molecule has 2 atom stereocenters. The first-order chi connectivity index (χ1) is 14.4. The molecule has 2 aromatic heterocycles. The zero-order valence-corrected chi connectivity index (χ0v) is 19.5. The van der Waals surface area contributed by atoms with Crippen LogP contribution in [0.15, 0.2) is 20.0 Å². The molecule has 10 heteroatoms. The third-order valence-electron chi connectivity index (χ3n) is 6.21. The predicted octanol–water partition coefficient (Wildman–Crippen LogP) is 2.99. The minimum absolute atomic E-state index is 0.0536. The van der Waals surface area contributed by atoms with E-state index >= 15 is 0 Å². The van der Waals surface area contributed by atoms with E-state index in [1.165, 1.54) is 13.0 Å². The number of nitrogens with zero attached hydrogens (tertiary/aromatic N) is 2. The SMILES string of the molecule is CC1(C)CCc2c1nc1c(c2NC(=O)N=[S@](N)(=O)c2cc([C@@](C)(O)CO)cs2)CCC1. The van der Waals surface area contributed by atoms with E-state index in [1.54, 1.807) is 5.38 Å². The van der Waals surface area contributed by atoms with Gasteiger partial charge in [-0.3, -0.25) is 4.98 Å². The Bertz CT molecular complexity index is 1180. The van der Waals surface area contributed by atoms with Gasteiger partial charge in [-0.2, -0.15) is 0 Å². The molecule has 8 nitrogen and oxygen atoms in total. The fraction of sp³-hybridized carbons (Fsp3) is 0.524. The highest BCUT2D eigenvalue weighted by Gasteiger charge is 2.36. The Kier molecular flexibility index (Phi) is 5.50. The van der Waals surface area contributed by atoms with Crippen molar-refractivity contribution >= 4 is 33.0 Å². The van der Waals surface area contributed by atoms with Crippen molar-refractivity contribution in [1.29, 1.82) is 0 Å². The molecule has 0 aromatic carbocycles. The van der Waals surface area contributed by atoms with Crippen LogP contribution in [0.2, 0.25) is 0 Å². The predicted molar refractivity (Wildman–Crippen MR) is 121 cm³/mol. The number of urea groups is 1. The lowest BCUT2D eigenvalue weighted by molar-refractivity contribution is -0.00203. The summed E-state index contributed by atoms with van der Waals surface area (Å²) in [6, 6.07) is 0.660. The molecule has 0 radical (unpaired) electrons. The number of nitrogens with two attached hydrogens (primary N) is 1. The average molecular weight is 465 g/mol. The summed E-state index contributed by atoms with van der Waals surface area (Å²) < 4.78 is 16.9. The van der Waals surface area contributed by atoms with E-state index in [0.29, 0.717) is 5.56 Å². The number of fused-ring (bicyclic) bond motifs is 2. The lowest BCUT2D eigenvalue weighted by Gasteiger charge is -2.20. The fourth-order valence-corrected chi connectivity index (χ4v) is 6.52. The molecule has 0 aliphatic heterocycles. The molecule has 4 rings (SSSR count). The van der Waals surface area contributed by atoms with Crippen LogP contribution in [0.1, 0.15) is 61.7 Å². The van der Waals surface area contributed by atoms with Gasteiger partial charge in [0.2, 0.25) is 0 Å². The molecule has 2 heterocycles. The molecule has 0 saturated carbocycles. The third kappa shape index (κ3) is 4.03. The van der Waals surface area contributed by atoms with E-state index in [1.807, 2.05) is 0 Å². The standard InChI is InChI=1S/C21H28N4O4S2/c1-20(2)8-7-14-17(13-5-4-6-15(13)23-18(14)20)24-19(27)25-31(22,29)16-9-12(10-30-16)21(3,28)11-26/h9-10,26,28H,4-8,11H2,1-3H3,(H3,22,23,24,25,27,29)/t21-,31-/m0/s1. The van der Waals surface area contributed by atoms with Crippen molar-refractivity contribution in [2.75, 3.05) is 11.9 Å². The summed E-state index contributed by atoms with van der Waals surface area (Å²) in [5, 5.41) is 29.8. The molecule has 0 saturated heterocycles. The molecule has 0 unspecified atom stereocenters. The van der Waals surface area contributed by atoms with Gasteiger partial charge in [-0.05, 0) is 67.2 Å². The van der Waals surface area contributed by atoms with E-state index in [2.05, 4.69) is 23.5 Å². The van der Waals surface area contributed by atoms with Crippen LogP contribution >= 0.6 is 11.3 Å². The number of carbonyl (C=O) groups is 1. The molecule has 2 aromatic rings. The first kappa shape index (κ1) is 22.3. The van der Waals surface area contributed by atoms with Gasteiger partial charge in [0.05, 0.1) is 18.0 Å². The van der Waals surface area contributed by atoms with Gasteiger partial charge >= 0.3 is 6.03 Å². The van der Waals surface area contributed by atoms with Crippen molar-refractivity contribution in [2.45, 2.75) is 68.1 Å². The van der Waals surface area contributed by atoms with Gasteiger partial charge < -0.3 is 15.5 Å². The van der Waals surface area contributed by atoms with Crippen molar-refractivity contribution < 1.29 is 19.2 Å². The van der Waals surface area contributed by atoms with Crippen molar-refractivity contribution in [3.8, 4) is 0 Å². The van der Waals surface area contributed by atoms with E-state index in [-0.39, 0.29) is 9.62 Å². The van der Waals surface area contributed by atoms with Crippen molar-refractivity contribution in [2.24, 2.45) is 9.50 Å². The number of anilines is 1. The molecule has 2 aliphatic carbocycles. The molecule has 0 fully saturated rings. The highest BCUT2D eigenvalue weighted by atomic mass is 32.2. The molecular weight excluding hydrogens is 436 g/mol. The highest BCUT2D eigenvalue weighted by Crippen LogP contribution is 2.44. The molecule has 0 spiro atoms. The van der Waals surface area contributed by atoms with Gasteiger partial charge in [-0.25, -0.2) is 14.1 Å². The molecule has 168 valence electrons. The molecule has 0 bridgehead atoms. The van der Waals surface area contributed by atoms with Crippen LogP contribution in [-0.4, -0.2) is 32.0 Å². The second-order valence-electron chi connectivity index (χ2n) is 9.15. The zero-order chi connectivity index (χ0) is 22.6. The molecule has 5 N–H and O–H groups in total. The Morgan fingerprint density at radius 2 is 2.13 bits per heavy atom. The largest absolute Gasteiger partial charge is 0.393 e. The Balaban J connectivity index is 1.67. The van der Waals surface area contributed by atoms with Crippen LogP contribution in [0.4, 0.5) is 10.5 Å². The third-order valence-corrected chi connectivity index (χ3v) is 9.07. The highest BCUT2D eigenvalue weighted by molar-refractivity contribution is 7.93. The van der Waals surface area contributed by atoms with Crippen LogP contribution in [0.3, 0.4) is 0 Å². The van der Waals surface area contributed by atoms with Crippen LogP contribution in [-0.2, 0) is 40.2 Å². The maximum atomic E-state index is 13.0. The summed E-state index contributed by atoms with van der Waals surface area (Å²) in [7, 11) is -3.51. The minimum atomic E-state index is -3.51. The van der Waals surface area contributed by atoms with E-state index in [0.717, 1.165) is 71.6 Å². The molecule has 31 heavy (non-hydrogen) atoms. The summed E-state index contributed by atoms with van der Waals surface area (Å²) in [6.45, 7) is 5.26. The number of carbonyl (C=O) groups excluding carboxylic acids is 1. The summed E-state index contributed by atoms with van der Waals surface area (Å²) in [5.74, 6) is 0. The second-order valence-corrected chi connectivity index (χ2v) is 12.1. The number of aromatic nitrogens is 1. The average Bonchev–Trinajstić information content (AvgIpc) is 3.41. The van der Waals surface area contributed by atoms with Gasteiger partial charge in [0.15, 0.2) is 9.92 Å². The monoisotopic (exact) mass is 464 g/mol. The Labute approximate surface area is 186 Å². The minimum Gasteiger partial charge on any atom is -0.393 e. The second kappa shape index (κ2) is 7.63. The maximum Gasteiger partial charge on any atom is 0.354 e. The van der Waals surface area contributed by atoms with Crippen LogP contribution in [0, 0.1) is 0 Å². The van der Waals surface area contributed by atoms with Crippen molar-refractivity contribution in [3.63, 3.8) is 0 Å². The molecular formula is C21H28N4O4S2. The van der Waals surface area contributed by atoms with Crippen LogP contribution in [0.25, 0.3) is 0 Å². The van der Waals surface area contributed by atoms with E-state index < -0.39 is 28.2 Å². The van der Waals surface area contributed by atoms with Gasteiger partial charge in [0, 0.05) is 11.1 Å². The normalized spacial score (nSPS) is 20.5. The van der Waals surface area contributed by atoms with Gasteiger partial charge in [0.1, 0.15) is 9.81 Å². The van der Waals surface area contributed by atoms with Gasteiger partial charge in [-0.15, -0.1) is 15.7 Å². The maximum absolute atomic E-state index is 13.0. The molecule has 2 amide bonds. The smallest absolute Gasteiger partial charge is 0.354 e. The fourth-order valence-electron chi connectivity index (χ4n) is 4.27. The van der Waals surface area contributed by atoms with Crippen LogP contribution in [0.5, 0.6) is 0 Å². The number of pyridine rings is 1. The Hall–Kier alpha value is -1.85. The summed E-state index contributed by atoms with van der Waals surface area (Å²) in [6.07, 6.45) is 4.49. The summed E-state index contributed by atoms with van der Waals surface area (Å²) in [4.78, 5) is 17.7. The number of amides is 2. The van der Waals surface area contributed by atoms with Gasteiger partial charge in [-0.1, -0.05) is 13.8 Å². The quantitative estimate of drug-likeness (QED) is 0.551. The lowest BCUT2D eigenvalue weighted by Crippen LogP contribution is -2.25. The number of aliphatic hydroxyl groups excluding tert-OH is 1.